The highest BCUT2D eigenvalue weighted by Crippen LogP contribution is 2.43. The van der Waals surface area contributed by atoms with Gasteiger partial charge in [0.05, 0.1) is 24.5 Å². The third-order valence-electron chi connectivity index (χ3n) is 6.02. The standard InChI is InChI=1S/C23H29FN4O4Si/c1-15(29)26-10-19-13-28(22(30)31-19)18-5-6-21(20(24)7-18)27-11-16-8-23(14-25,9-17(16)12-27)32-33(2,3)4/h5-8,17,19H,9-13H2,1-4H3,(H,26,29)/t17?,19-,23?/m0/s1. The summed E-state index contributed by atoms with van der Waals surface area (Å²) in [5.74, 6) is -0.469. The van der Waals surface area contributed by atoms with E-state index in [1.807, 2.05) is 11.0 Å². The van der Waals surface area contributed by atoms with Crippen molar-refractivity contribution < 1.29 is 23.1 Å². The van der Waals surface area contributed by atoms with Crippen molar-refractivity contribution in [3.05, 3.63) is 35.7 Å². The van der Waals surface area contributed by atoms with E-state index >= 15 is 4.39 Å². The number of ether oxygens (including phenoxy) is 1. The molecule has 176 valence electrons. The smallest absolute Gasteiger partial charge is 0.414 e. The van der Waals surface area contributed by atoms with E-state index in [1.54, 1.807) is 12.1 Å². The molecule has 2 heterocycles. The molecule has 1 N–H and O–H groups in total. The highest BCUT2D eigenvalue weighted by molar-refractivity contribution is 6.69. The normalized spacial score (nSPS) is 26.7. The lowest BCUT2D eigenvalue weighted by atomic mass is 10.00. The number of carbonyl (C=O) groups is 2. The lowest BCUT2D eigenvalue weighted by Gasteiger charge is -2.30. The number of amides is 2. The van der Waals surface area contributed by atoms with Gasteiger partial charge in [0.2, 0.25) is 5.91 Å². The number of fused-ring (bicyclic) bond motifs is 1. The van der Waals surface area contributed by atoms with E-state index < -0.39 is 31.9 Å². The third kappa shape index (κ3) is 4.89. The Morgan fingerprint density at radius 2 is 2.15 bits per heavy atom. The van der Waals surface area contributed by atoms with Crippen molar-refractivity contribution in [2.24, 2.45) is 5.92 Å². The number of nitrogens with zero attached hydrogens (tertiary/aromatic N) is 3. The van der Waals surface area contributed by atoms with Crippen LogP contribution in [0.25, 0.3) is 0 Å². The van der Waals surface area contributed by atoms with Crippen LogP contribution in [0.3, 0.4) is 0 Å². The number of cyclic esters (lactones) is 1. The van der Waals surface area contributed by atoms with Gasteiger partial charge in [0.15, 0.2) is 13.9 Å². The minimum atomic E-state index is -1.90. The van der Waals surface area contributed by atoms with Crippen LogP contribution in [0.2, 0.25) is 19.6 Å². The van der Waals surface area contributed by atoms with Crippen molar-refractivity contribution in [2.45, 2.75) is 44.7 Å². The second-order valence-electron chi connectivity index (χ2n) is 9.91. The number of nitrogens with one attached hydrogen (secondary N) is 1. The topological polar surface area (TPSA) is 94.9 Å². The van der Waals surface area contributed by atoms with Crippen LogP contribution in [-0.4, -0.2) is 58.2 Å². The number of anilines is 2. The molecule has 1 aromatic carbocycles. The summed E-state index contributed by atoms with van der Waals surface area (Å²) in [6.45, 7) is 9.22. The average Bonchev–Trinajstić information content (AvgIpc) is 3.36. The first kappa shape index (κ1) is 23.3. The summed E-state index contributed by atoms with van der Waals surface area (Å²) < 4.78 is 26.5. The van der Waals surface area contributed by atoms with Gasteiger partial charge in [-0.25, -0.2) is 9.18 Å². The molecule has 1 aromatic rings. The van der Waals surface area contributed by atoms with Crippen molar-refractivity contribution in [1.29, 1.82) is 5.26 Å². The zero-order chi connectivity index (χ0) is 24.0. The Hall–Kier alpha value is -2.90. The van der Waals surface area contributed by atoms with Gasteiger partial charge in [-0.15, -0.1) is 0 Å². The van der Waals surface area contributed by atoms with Crippen LogP contribution in [0.15, 0.2) is 29.8 Å². The predicted molar refractivity (Wildman–Crippen MR) is 124 cm³/mol. The summed E-state index contributed by atoms with van der Waals surface area (Å²) in [6.07, 6.45) is 1.49. The average molecular weight is 473 g/mol. The van der Waals surface area contributed by atoms with Gasteiger partial charge in [-0.2, -0.15) is 5.26 Å². The Bertz CT molecular complexity index is 1050. The second-order valence-corrected chi connectivity index (χ2v) is 14.3. The van der Waals surface area contributed by atoms with E-state index in [2.05, 4.69) is 31.0 Å². The number of nitriles is 1. The van der Waals surface area contributed by atoms with Crippen LogP contribution >= 0.6 is 0 Å². The van der Waals surface area contributed by atoms with E-state index in [1.165, 1.54) is 17.9 Å². The number of rotatable bonds is 6. The molecule has 2 fully saturated rings. The molecule has 8 nitrogen and oxygen atoms in total. The van der Waals surface area contributed by atoms with Gasteiger partial charge >= 0.3 is 6.09 Å². The maximum Gasteiger partial charge on any atom is 0.414 e. The van der Waals surface area contributed by atoms with Crippen molar-refractivity contribution >= 4 is 31.7 Å². The molecule has 2 aliphatic heterocycles. The number of hydrogen-bond donors (Lipinski definition) is 1. The molecular weight excluding hydrogens is 443 g/mol. The lowest BCUT2D eigenvalue weighted by molar-refractivity contribution is -0.119. The van der Waals surface area contributed by atoms with Crippen LogP contribution in [0.1, 0.15) is 13.3 Å². The molecule has 0 aromatic heterocycles. The van der Waals surface area contributed by atoms with Gasteiger partial charge in [0.1, 0.15) is 18.0 Å². The molecule has 2 amide bonds. The summed E-state index contributed by atoms with van der Waals surface area (Å²) in [6, 6.07) is 7.08. The Labute approximate surface area is 194 Å². The monoisotopic (exact) mass is 472 g/mol. The molecule has 3 atom stereocenters. The fourth-order valence-electron chi connectivity index (χ4n) is 4.80. The Morgan fingerprint density at radius 3 is 2.76 bits per heavy atom. The minimum Gasteiger partial charge on any atom is -0.442 e. The van der Waals surface area contributed by atoms with E-state index in [0.29, 0.717) is 30.9 Å². The maximum atomic E-state index is 15.1. The number of halogens is 1. The van der Waals surface area contributed by atoms with Gasteiger partial charge in [-0.1, -0.05) is 0 Å². The van der Waals surface area contributed by atoms with Gasteiger partial charge in [-0.3, -0.25) is 9.69 Å². The van der Waals surface area contributed by atoms with Crippen molar-refractivity contribution in [1.82, 2.24) is 5.32 Å². The fourth-order valence-corrected chi connectivity index (χ4v) is 6.08. The third-order valence-corrected chi connectivity index (χ3v) is 7.00. The zero-order valence-corrected chi connectivity index (χ0v) is 20.4. The highest BCUT2D eigenvalue weighted by atomic mass is 28.4. The van der Waals surface area contributed by atoms with E-state index in [9.17, 15) is 14.9 Å². The van der Waals surface area contributed by atoms with Crippen molar-refractivity contribution in [3.63, 3.8) is 0 Å². The molecular formula is C23H29FN4O4Si. The van der Waals surface area contributed by atoms with Crippen molar-refractivity contribution in [2.75, 3.05) is 36.0 Å². The van der Waals surface area contributed by atoms with Gasteiger partial charge < -0.3 is 19.4 Å². The molecule has 1 aliphatic carbocycles. The van der Waals surface area contributed by atoms with E-state index in [4.69, 9.17) is 9.16 Å². The number of carbonyl (C=O) groups excluding carboxylic acids is 2. The molecule has 3 aliphatic rings. The predicted octanol–water partition coefficient (Wildman–Crippen LogP) is 3.17. The van der Waals surface area contributed by atoms with Crippen LogP contribution in [0.4, 0.5) is 20.6 Å². The Morgan fingerprint density at radius 1 is 1.39 bits per heavy atom. The first-order valence-corrected chi connectivity index (χ1v) is 14.5. The fraction of sp³-hybridized carbons (Fsp3) is 0.522. The Balaban J connectivity index is 1.45. The highest BCUT2D eigenvalue weighted by Gasteiger charge is 2.46. The van der Waals surface area contributed by atoms with Gasteiger partial charge in [0, 0.05) is 32.4 Å². The Kier molecular flexibility index (Phi) is 5.97. The first-order valence-electron chi connectivity index (χ1n) is 11.1. The summed E-state index contributed by atoms with van der Waals surface area (Å²) in [7, 11) is -1.90. The molecule has 2 unspecified atom stereocenters. The number of hydrogen-bond acceptors (Lipinski definition) is 6. The SMILES string of the molecule is CC(=O)NC[C@H]1CN(c2ccc(N3CC4=CC(C#N)(O[Si](C)(C)C)CC4C3)c(F)c2)C(=O)O1. The van der Waals surface area contributed by atoms with Gasteiger partial charge in [0.25, 0.3) is 0 Å². The van der Waals surface area contributed by atoms with E-state index in [-0.39, 0.29) is 24.9 Å². The summed E-state index contributed by atoms with van der Waals surface area (Å²) in [4.78, 5) is 26.6. The van der Waals surface area contributed by atoms with Gasteiger partial charge in [-0.05, 0) is 49.5 Å². The molecule has 0 spiro atoms. The largest absolute Gasteiger partial charge is 0.442 e. The number of benzene rings is 1. The van der Waals surface area contributed by atoms with Crippen LogP contribution in [-0.2, 0) is 14.0 Å². The van der Waals surface area contributed by atoms with Crippen LogP contribution in [0.5, 0.6) is 0 Å². The lowest BCUT2D eigenvalue weighted by Crippen LogP contribution is -2.40. The van der Waals surface area contributed by atoms with Crippen LogP contribution < -0.4 is 15.1 Å². The summed E-state index contributed by atoms with van der Waals surface area (Å²) in [5, 5.41) is 12.4. The summed E-state index contributed by atoms with van der Waals surface area (Å²) >= 11 is 0. The zero-order valence-electron chi connectivity index (χ0n) is 19.4. The van der Waals surface area contributed by atoms with Crippen molar-refractivity contribution in [3.8, 4) is 6.07 Å². The molecule has 33 heavy (non-hydrogen) atoms. The second kappa shape index (κ2) is 8.46. The molecule has 0 bridgehead atoms. The molecule has 0 radical (unpaired) electrons. The summed E-state index contributed by atoms with van der Waals surface area (Å²) in [5.41, 5.74) is 1.12. The molecule has 4 rings (SSSR count). The molecule has 10 heteroatoms. The first-order chi connectivity index (χ1) is 15.5. The quantitative estimate of drug-likeness (QED) is 0.505. The maximum absolute atomic E-state index is 15.1. The molecule has 2 saturated heterocycles. The van der Waals surface area contributed by atoms with Crippen LogP contribution in [0, 0.1) is 23.1 Å². The minimum absolute atomic E-state index is 0.156. The molecule has 0 saturated carbocycles. The van der Waals surface area contributed by atoms with E-state index in [0.717, 1.165) is 5.57 Å².